The molecule has 0 saturated carbocycles. The van der Waals surface area contributed by atoms with Gasteiger partial charge in [-0.15, -0.1) is 5.70 Å². The molecule has 0 fully saturated rings. The van der Waals surface area contributed by atoms with Gasteiger partial charge in [0.05, 0.1) is 8.07 Å². The fourth-order valence-corrected chi connectivity index (χ4v) is 3.76. The maximum atomic E-state index is 5.00. The first-order chi connectivity index (χ1) is 6.31. The van der Waals surface area contributed by atoms with Crippen LogP contribution < -0.4 is 18.9 Å². The van der Waals surface area contributed by atoms with Crippen molar-refractivity contribution in [1.29, 1.82) is 0 Å². The Morgan fingerprint density at radius 3 is 1.50 bits per heavy atom. The van der Waals surface area contributed by atoms with Gasteiger partial charge in [-0.1, -0.05) is 60.1 Å². The summed E-state index contributed by atoms with van der Waals surface area (Å²) in [6.45, 7) is 20.8. The van der Waals surface area contributed by atoms with E-state index in [2.05, 4.69) is 65.8 Å². The first kappa shape index (κ1) is 18.9. The van der Waals surface area contributed by atoms with E-state index in [1.807, 2.05) is 0 Å². The molecule has 16 heavy (non-hydrogen) atoms. The van der Waals surface area contributed by atoms with Crippen molar-refractivity contribution < 1.29 is 18.9 Å². The molecule has 0 unspecified atom stereocenters. The van der Waals surface area contributed by atoms with Crippen LogP contribution in [0, 0.1) is 5.41 Å². The number of allylic oxidation sites excluding steroid dienone is 1. The Hall–Kier alpha value is 0.571. The second kappa shape index (κ2) is 5.95. The smallest absolute Gasteiger partial charge is 0.691 e. The molecule has 0 aliphatic heterocycles. The van der Waals surface area contributed by atoms with Crippen LogP contribution in [0.1, 0.15) is 20.8 Å². The van der Waals surface area contributed by atoms with Crippen molar-refractivity contribution >= 4 is 16.3 Å². The van der Waals surface area contributed by atoms with Gasteiger partial charge in [0.1, 0.15) is 0 Å². The van der Waals surface area contributed by atoms with Gasteiger partial charge in [0.25, 0.3) is 0 Å². The zero-order chi connectivity index (χ0) is 12.5. The van der Waals surface area contributed by atoms with E-state index < -0.39 is 16.3 Å². The summed E-state index contributed by atoms with van der Waals surface area (Å²) in [7, 11) is -2.51. The van der Waals surface area contributed by atoms with E-state index in [1.165, 1.54) is 5.70 Å². The van der Waals surface area contributed by atoms with E-state index in [0.717, 1.165) is 0 Å². The Balaban J connectivity index is 0. The fraction of sp³-hybridized carbons (Fsp3) is 0.833. The normalized spacial score (nSPS) is 14.4. The Morgan fingerprint density at radius 1 is 0.938 bits per heavy atom. The third-order valence-corrected chi connectivity index (χ3v) is 3.85. The average Bonchev–Trinajstić information content (AvgIpc) is 1.75. The summed E-state index contributed by atoms with van der Waals surface area (Å²) < 4.78 is 0. The van der Waals surface area contributed by atoms with Gasteiger partial charge in [-0.05, 0) is 13.7 Å². The molecule has 90 valence electrons. The molecule has 0 bridgehead atoms. The molecule has 0 radical (unpaired) electrons. The summed E-state index contributed by atoms with van der Waals surface area (Å²) in [4.78, 5) is 5.00. The number of hydrogen-bond donors (Lipinski definition) is 0. The third-order valence-electron chi connectivity index (χ3n) is 1.79. The van der Waals surface area contributed by atoms with Gasteiger partial charge in [-0.25, -0.2) is 0 Å². The van der Waals surface area contributed by atoms with Gasteiger partial charge in [0.2, 0.25) is 0 Å². The van der Waals surface area contributed by atoms with Gasteiger partial charge >= 0.3 is 18.9 Å². The molecular weight excluding hydrogens is 221 g/mol. The summed E-state index contributed by atoms with van der Waals surface area (Å²) >= 11 is 0. The second-order valence-electron chi connectivity index (χ2n) is 7.43. The Morgan fingerprint density at radius 2 is 1.31 bits per heavy atom. The average molecular weight is 249 g/mol. The molecule has 0 amide bonds. The molecule has 0 N–H and O–H groups in total. The molecule has 0 spiro atoms. The molecule has 4 heteroatoms. The molecule has 1 nitrogen and oxygen atoms in total. The maximum absolute atomic E-state index is 5.00. The largest absolute Gasteiger partial charge is 1.00 e. The van der Waals surface area contributed by atoms with Gasteiger partial charge in [-0.3, -0.25) is 0 Å². The minimum Gasteiger partial charge on any atom is -0.691 e. The van der Waals surface area contributed by atoms with E-state index in [1.54, 1.807) is 0 Å². The topological polar surface area (TPSA) is 14.1 Å². The molecule has 0 aromatic heterocycles. The van der Waals surface area contributed by atoms with Crippen molar-refractivity contribution in [2.24, 2.45) is 5.41 Å². The van der Waals surface area contributed by atoms with E-state index >= 15 is 0 Å². The first-order valence-corrected chi connectivity index (χ1v) is 12.8. The van der Waals surface area contributed by atoms with Crippen LogP contribution in [0.2, 0.25) is 39.3 Å². The van der Waals surface area contributed by atoms with Gasteiger partial charge in [0, 0.05) is 0 Å². The maximum Gasteiger partial charge on any atom is 1.00 e. The van der Waals surface area contributed by atoms with Crippen molar-refractivity contribution in [3.63, 3.8) is 0 Å². The van der Waals surface area contributed by atoms with Gasteiger partial charge in [0.15, 0.2) is 0 Å². The molecule has 0 aliphatic carbocycles. The standard InChI is InChI=1S/C12H28NSi2.Li/c1-12(2,3)11(10-14(4,5)6)13-15(7,8)9;/h10H,1-9H3;/q-1;+1/b11-10+;. The fourth-order valence-electron chi connectivity index (χ4n) is 1.19. The van der Waals surface area contributed by atoms with Crippen molar-refractivity contribution in [2.75, 3.05) is 0 Å². The molecule has 0 aromatic carbocycles. The molecule has 0 aromatic rings. The van der Waals surface area contributed by atoms with Crippen LogP contribution in [0.5, 0.6) is 0 Å². The van der Waals surface area contributed by atoms with Crippen LogP contribution in [0.3, 0.4) is 0 Å². The molecule has 0 atom stereocenters. The SMILES string of the molecule is CC(C)(C)/C(=C\[Si](C)(C)C)[N-][Si](C)(C)C.[Li+]. The zero-order valence-electron chi connectivity index (χ0n) is 13.0. The van der Waals surface area contributed by atoms with Crippen molar-refractivity contribution in [3.8, 4) is 0 Å². The van der Waals surface area contributed by atoms with E-state index in [9.17, 15) is 0 Å². The summed E-state index contributed by atoms with van der Waals surface area (Å²) in [5.74, 6) is 0. The summed E-state index contributed by atoms with van der Waals surface area (Å²) in [6.07, 6.45) is 0. The summed E-state index contributed by atoms with van der Waals surface area (Å²) in [5.41, 5.74) is 3.99. The summed E-state index contributed by atoms with van der Waals surface area (Å²) in [6, 6.07) is 0. The van der Waals surface area contributed by atoms with E-state index in [-0.39, 0.29) is 24.3 Å². The van der Waals surface area contributed by atoms with Crippen LogP contribution >= 0.6 is 0 Å². The van der Waals surface area contributed by atoms with Gasteiger partial charge < -0.3 is 4.98 Å². The number of rotatable bonds is 3. The summed E-state index contributed by atoms with van der Waals surface area (Å²) in [5, 5.41) is 0. The minimum atomic E-state index is -1.35. The van der Waals surface area contributed by atoms with Crippen molar-refractivity contribution in [1.82, 2.24) is 0 Å². The van der Waals surface area contributed by atoms with E-state index in [0.29, 0.717) is 0 Å². The predicted octanol–water partition coefficient (Wildman–Crippen LogP) is 2.01. The Bertz CT molecular complexity index is 241. The Kier molecular flexibility index (Phi) is 7.04. The minimum absolute atomic E-state index is 0. The number of nitrogens with zero attached hydrogens (tertiary/aromatic N) is 1. The van der Waals surface area contributed by atoms with Crippen LogP contribution in [-0.4, -0.2) is 16.3 Å². The molecule has 0 saturated heterocycles. The zero-order valence-corrected chi connectivity index (χ0v) is 15.0. The van der Waals surface area contributed by atoms with Crippen LogP contribution in [0.25, 0.3) is 4.98 Å². The molecule has 0 heterocycles. The third kappa shape index (κ3) is 9.77. The Labute approximate surface area is 117 Å². The van der Waals surface area contributed by atoms with Gasteiger partial charge in [-0.2, -0.15) is 5.70 Å². The van der Waals surface area contributed by atoms with E-state index in [4.69, 9.17) is 4.98 Å². The molecular formula is C12H28LiNSi2. The monoisotopic (exact) mass is 249 g/mol. The number of hydrogen-bond acceptors (Lipinski definition) is 0. The van der Waals surface area contributed by atoms with Crippen molar-refractivity contribution in [2.45, 2.75) is 60.1 Å². The van der Waals surface area contributed by atoms with Crippen LogP contribution in [-0.2, 0) is 0 Å². The quantitative estimate of drug-likeness (QED) is 0.679. The second-order valence-corrected chi connectivity index (χ2v) is 17.0. The molecule has 0 rings (SSSR count). The van der Waals surface area contributed by atoms with Crippen LogP contribution in [0.15, 0.2) is 11.4 Å². The predicted molar refractivity (Wildman–Crippen MR) is 77.6 cm³/mol. The first-order valence-electron chi connectivity index (χ1n) is 5.77. The van der Waals surface area contributed by atoms with Crippen LogP contribution in [0.4, 0.5) is 0 Å². The molecule has 0 aliphatic rings. The van der Waals surface area contributed by atoms with Crippen molar-refractivity contribution in [3.05, 3.63) is 16.4 Å².